The van der Waals surface area contributed by atoms with Gasteiger partial charge < -0.3 is 4.42 Å². The number of carbonyl (C=O) groups is 1. The Balaban J connectivity index is 2.16. The van der Waals surface area contributed by atoms with Gasteiger partial charge >= 0.3 is 0 Å². The first-order chi connectivity index (χ1) is 8.60. The van der Waals surface area contributed by atoms with Crippen LogP contribution in [0.25, 0.3) is 0 Å². The Bertz CT molecular complexity index is 570. The largest absolute Gasteiger partial charge is 0.458 e. The lowest BCUT2D eigenvalue weighted by atomic mass is 10.1. The van der Waals surface area contributed by atoms with Crippen LogP contribution in [0.15, 0.2) is 34.7 Å². The number of carbonyl (C=O) groups excluding carboxylic acids is 1. The first-order valence-electron chi connectivity index (χ1n) is 5.97. The van der Waals surface area contributed by atoms with Gasteiger partial charge in [0.2, 0.25) is 5.78 Å². The Morgan fingerprint density at radius 1 is 1.28 bits per heavy atom. The SMILES string of the molecule is CCc1ccc(C(=O)Cc2ccc(C)cc2Cl)o1. The van der Waals surface area contributed by atoms with E-state index in [9.17, 15) is 4.79 Å². The molecule has 0 radical (unpaired) electrons. The van der Waals surface area contributed by atoms with Gasteiger partial charge in [-0.2, -0.15) is 0 Å². The van der Waals surface area contributed by atoms with Gasteiger partial charge in [0.1, 0.15) is 5.76 Å². The first-order valence-corrected chi connectivity index (χ1v) is 6.35. The molecule has 0 unspecified atom stereocenters. The van der Waals surface area contributed by atoms with Gasteiger partial charge in [0, 0.05) is 17.9 Å². The summed E-state index contributed by atoms with van der Waals surface area (Å²) in [4.78, 5) is 12.0. The van der Waals surface area contributed by atoms with Crippen molar-refractivity contribution in [2.75, 3.05) is 0 Å². The third kappa shape index (κ3) is 2.82. The highest BCUT2D eigenvalue weighted by Gasteiger charge is 2.13. The number of halogens is 1. The summed E-state index contributed by atoms with van der Waals surface area (Å²) in [5.74, 6) is 1.19. The molecule has 0 spiro atoms. The second-order valence-corrected chi connectivity index (χ2v) is 4.72. The number of hydrogen-bond acceptors (Lipinski definition) is 2. The van der Waals surface area contributed by atoms with Crippen LogP contribution in [0, 0.1) is 6.92 Å². The molecule has 0 atom stereocenters. The molecule has 94 valence electrons. The van der Waals surface area contributed by atoms with Gasteiger partial charge in [0.15, 0.2) is 5.76 Å². The summed E-state index contributed by atoms with van der Waals surface area (Å²) in [6.07, 6.45) is 1.06. The van der Waals surface area contributed by atoms with Gasteiger partial charge in [0.05, 0.1) is 0 Å². The minimum Gasteiger partial charge on any atom is -0.458 e. The lowest BCUT2D eigenvalue weighted by Gasteiger charge is -2.03. The zero-order valence-electron chi connectivity index (χ0n) is 10.5. The summed E-state index contributed by atoms with van der Waals surface area (Å²) in [5.41, 5.74) is 1.92. The molecular formula is C15H15ClO2. The van der Waals surface area contributed by atoms with Crippen LogP contribution in [0.5, 0.6) is 0 Å². The van der Waals surface area contributed by atoms with Crippen molar-refractivity contribution in [2.45, 2.75) is 26.7 Å². The standard InChI is InChI=1S/C15H15ClO2/c1-3-12-6-7-15(18-12)14(17)9-11-5-4-10(2)8-13(11)16/h4-8H,3,9H2,1-2H3. The molecule has 18 heavy (non-hydrogen) atoms. The first kappa shape index (κ1) is 12.9. The molecule has 3 heteroatoms. The van der Waals surface area contributed by atoms with E-state index in [1.54, 1.807) is 6.07 Å². The smallest absolute Gasteiger partial charge is 0.202 e. The third-order valence-electron chi connectivity index (χ3n) is 2.84. The quantitative estimate of drug-likeness (QED) is 0.772. The molecule has 1 aromatic carbocycles. The molecule has 0 amide bonds. The molecule has 1 heterocycles. The van der Waals surface area contributed by atoms with E-state index in [0.29, 0.717) is 10.8 Å². The second-order valence-electron chi connectivity index (χ2n) is 4.31. The van der Waals surface area contributed by atoms with E-state index in [1.807, 2.05) is 38.1 Å². The van der Waals surface area contributed by atoms with Crippen molar-refractivity contribution in [3.05, 3.63) is 58.0 Å². The number of furan rings is 1. The van der Waals surface area contributed by atoms with E-state index in [-0.39, 0.29) is 12.2 Å². The van der Waals surface area contributed by atoms with E-state index in [0.717, 1.165) is 23.3 Å². The normalized spacial score (nSPS) is 10.6. The Labute approximate surface area is 112 Å². The average Bonchev–Trinajstić information content (AvgIpc) is 2.81. The van der Waals surface area contributed by atoms with Gasteiger partial charge in [-0.3, -0.25) is 4.79 Å². The highest BCUT2D eigenvalue weighted by Crippen LogP contribution is 2.20. The van der Waals surface area contributed by atoms with Crippen LogP contribution in [0.1, 0.15) is 34.4 Å². The number of ketones is 1. The van der Waals surface area contributed by atoms with Gasteiger partial charge in [-0.05, 0) is 36.2 Å². The van der Waals surface area contributed by atoms with Crippen molar-refractivity contribution in [1.82, 2.24) is 0 Å². The van der Waals surface area contributed by atoms with Gasteiger partial charge in [-0.15, -0.1) is 0 Å². The lowest BCUT2D eigenvalue weighted by molar-refractivity contribution is 0.0965. The van der Waals surface area contributed by atoms with Crippen LogP contribution in [0.4, 0.5) is 0 Å². The van der Waals surface area contributed by atoms with E-state index >= 15 is 0 Å². The Morgan fingerprint density at radius 3 is 2.67 bits per heavy atom. The monoisotopic (exact) mass is 262 g/mol. The van der Waals surface area contributed by atoms with Crippen LogP contribution in [-0.4, -0.2) is 5.78 Å². The molecule has 0 bridgehead atoms. The van der Waals surface area contributed by atoms with Crippen molar-refractivity contribution in [3.8, 4) is 0 Å². The zero-order chi connectivity index (χ0) is 13.1. The van der Waals surface area contributed by atoms with Gasteiger partial charge in [-0.25, -0.2) is 0 Å². The molecular weight excluding hydrogens is 248 g/mol. The molecule has 1 aromatic heterocycles. The number of hydrogen-bond donors (Lipinski definition) is 0. The molecule has 0 aliphatic heterocycles. The molecule has 0 aliphatic rings. The van der Waals surface area contributed by atoms with E-state index in [4.69, 9.17) is 16.0 Å². The van der Waals surface area contributed by atoms with Crippen molar-refractivity contribution in [1.29, 1.82) is 0 Å². The van der Waals surface area contributed by atoms with E-state index in [2.05, 4.69) is 0 Å². The number of rotatable bonds is 4. The molecule has 2 nitrogen and oxygen atoms in total. The van der Waals surface area contributed by atoms with Crippen LogP contribution >= 0.6 is 11.6 Å². The number of aryl methyl sites for hydroxylation is 2. The summed E-state index contributed by atoms with van der Waals surface area (Å²) < 4.78 is 5.44. The summed E-state index contributed by atoms with van der Waals surface area (Å²) in [6, 6.07) is 9.27. The second kappa shape index (κ2) is 5.40. The Morgan fingerprint density at radius 2 is 2.06 bits per heavy atom. The fraction of sp³-hybridized carbons (Fsp3) is 0.267. The molecule has 0 saturated carbocycles. The Hall–Kier alpha value is -1.54. The maximum atomic E-state index is 12.0. The zero-order valence-corrected chi connectivity index (χ0v) is 11.3. The van der Waals surface area contributed by atoms with Crippen LogP contribution in [-0.2, 0) is 12.8 Å². The van der Waals surface area contributed by atoms with Crippen molar-refractivity contribution in [3.63, 3.8) is 0 Å². The van der Waals surface area contributed by atoms with Crippen LogP contribution < -0.4 is 0 Å². The Kier molecular flexibility index (Phi) is 3.87. The number of benzene rings is 1. The van der Waals surface area contributed by atoms with E-state index < -0.39 is 0 Å². The maximum absolute atomic E-state index is 12.0. The predicted molar refractivity (Wildman–Crippen MR) is 72.3 cm³/mol. The minimum absolute atomic E-state index is 0.0412. The molecule has 2 rings (SSSR count). The fourth-order valence-corrected chi connectivity index (χ4v) is 2.08. The predicted octanol–water partition coefficient (Wildman–Crippen LogP) is 4.23. The highest BCUT2D eigenvalue weighted by atomic mass is 35.5. The molecule has 0 aliphatic carbocycles. The van der Waals surface area contributed by atoms with Crippen molar-refractivity contribution >= 4 is 17.4 Å². The molecule has 0 saturated heterocycles. The average molecular weight is 263 g/mol. The van der Waals surface area contributed by atoms with Gasteiger partial charge in [0.25, 0.3) is 0 Å². The minimum atomic E-state index is -0.0412. The topological polar surface area (TPSA) is 30.2 Å². The van der Waals surface area contributed by atoms with E-state index in [1.165, 1.54) is 0 Å². The fourth-order valence-electron chi connectivity index (χ4n) is 1.77. The molecule has 0 N–H and O–H groups in total. The van der Waals surface area contributed by atoms with Crippen molar-refractivity contribution in [2.24, 2.45) is 0 Å². The van der Waals surface area contributed by atoms with Gasteiger partial charge in [-0.1, -0.05) is 30.7 Å². The van der Waals surface area contributed by atoms with Crippen molar-refractivity contribution < 1.29 is 9.21 Å². The maximum Gasteiger partial charge on any atom is 0.202 e. The molecule has 2 aromatic rings. The molecule has 0 fully saturated rings. The number of Topliss-reactive ketones (excluding diaryl/α,β-unsaturated/α-hetero) is 1. The lowest BCUT2D eigenvalue weighted by Crippen LogP contribution is -2.02. The summed E-state index contributed by atoms with van der Waals surface area (Å²) in [5, 5.41) is 0.630. The third-order valence-corrected chi connectivity index (χ3v) is 3.20. The highest BCUT2D eigenvalue weighted by molar-refractivity contribution is 6.31. The summed E-state index contributed by atoms with van der Waals surface area (Å²) in [7, 11) is 0. The van der Waals surface area contributed by atoms with Crippen LogP contribution in [0.2, 0.25) is 5.02 Å². The van der Waals surface area contributed by atoms with Crippen LogP contribution in [0.3, 0.4) is 0 Å². The summed E-state index contributed by atoms with van der Waals surface area (Å²) in [6.45, 7) is 3.96. The summed E-state index contributed by atoms with van der Waals surface area (Å²) >= 11 is 6.11.